The molecule has 3 heterocycles. The van der Waals surface area contributed by atoms with Crippen molar-refractivity contribution in [2.45, 2.75) is 12.8 Å². The van der Waals surface area contributed by atoms with E-state index in [2.05, 4.69) is 26.7 Å². The number of hydrogen-bond donors (Lipinski definition) is 1. The normalized spacial score (nSPS) is 23.4. The number of nitrogens with zero attached hydrogens (tertiary/aromatic N) is 4. The summed E-state index contributed by atoms with van der Waals surface area (Å²) in [5.41, 5.74) is 0. The highest BCUT2D eigenvalue weighted by Crippen LogP contribution is 2.25. The van der Waals surface area contributed by atoms with Crippen molar-refractivity contribution in [3.8, 4) is 5.88 Å². The maximum Gasteiger partial charge on any atom is 0.223 e. The lowest BCUT2D eigenvalue weighted by molar-refractivity contribution is 0.155. The summed E-state index contributed by atoms with van der Waals surface area (Å²) in [6.07, 6.45) is 2.69. The SMILES string of the molecule is CN1CCC(CN2CCN(c3nc(O)cs3)CC2)CC1. The van der Waals surface area contributed by atoms with E-state index < -0.39 is 0 Å². The Kier molecular flexibility index (Phi) is 4.43. The predicted octanol–water partition coefficient (Wildman–Crippen LogP) is 1.31. The van der Waals surface area contributed by atoms with Gasteiger partial charge in [0.15, 0.2) is 5.13 Å². The van der Waals surface area contributed by atoms with E-state index in [1.807, 2.05) is 0 Å². The Labute approximate surface area is 124 Å². The third-order valence-electron chi connectivity index (χ3n) is 4.48. The van der Waals surface area contributed by atoms with Gasteiger partial charge in [-0.2, -0.15) is 4.98 Å². The van der Waals surface area contributed by atoms with Crippen molar-refractivity contribution < 1.29 is 5.11 Å². The average molecular weight is 296 g/mol. The fourth-order valence-corrected chi connectivity index (χ4v) is 3.87. The zero-order valence-electron chi connectivity index (χ0n) is 12.2. The van der Waals surface area contributed by atoms with Gasteiger partial charge in [-0.15, -0.1) is 11.3 Å². The van der Waals surface area contributed by atoms with Gasteiger partial charge in [0.2, 0.25) is 5.88 Å². The van der Waals surface area contributed by atoms with Gasteiger partial charge in [-0.1, -0.05) is 0 Å². The minimum absolute atomic E-state index is 0.152. The monoisotopic (exact) mass is 296 g/mol. The summed E-state index contributed by atoms with van der Waals surface area (Å²) in [5.74, 6) is 1.03. The molecule has 1 aromatic rings. The van der Waals surface area contributed by atoms with Crippen LogP contribution in [-0.4, -0.2) is 72.8 Å². The Hall–Kier alpha value is -0.850. The molecule has 1 N–H and O–H groups in total. The molecule has 3 rings (SSSR count). The predicted molar refractivity (Wildman–Crippen MR) is 82.7 cm³/mol. The second-order valence-corrected chi connectivity index (χ2v) is 6.86. The molecule has 0 spiro atoms. The summed E-state index contributed by atoms with van der Waals surface area (Å²) in [5, 5.41) is 12.0. The van der Waals surface area contributed by atoms with E-state index in [-0.39, 0.29) is 5.88 Å². The van der Waals surface area contributed by atoms with E-state index in [1.165, 1.54) is 43.8 Å². The zero-order valence-corrected chi connectivity index (χ0v) is 13.0. The van der Waals surface area contributed by atoms with Crippen LogP contribution in [0.15, 0.2) is 5.38 Å². The van der Waals surface area contributed by atoms with Crippen LogP contribution in [0.25, 0.3) is 0 Å². The third-order valence-corrected chi connectivity index (χ3v) is 5.37. The van der Waals surface area contributed by atoms with Crippen LogP contribution < -0.4 is 4.90 Å². The summed E-state index contributed by atoms with van der Waals surface area (Å²) < 4.78 is 0. The lowest BCUT2D eigenvalue weighted by atomic mass is 9.96. The van der Waals surface area contributed by atoms with Crippen molar-refractivity contribution in [2.75, 3.05) is 57.8 Å². The van der Waals surface area contributed by atoms with Gasteiger partial charge >= 0.3 is 0 Å². The van der Waals surface area contributed by atoms with Crippen LogP contribution in [0.3, 0.4) is 0 Å². The first kappa shape index (κ1) is 14.1. The lowest BCUT2D eigenvalue weighted by Gasteiger charge is -2.38. The van der Waals surface area contributed by atoms with Gasteiger partial charge in [0, 0.05) is 32.7 Å². The van der Waals surface area contributed by atoms with Crippen LogP contribution in [0, 0.1) is 5.92 Å². The van der Waals surface area contributed by atoms with Gasteiger partial charge < -0.3 is 14.9 Å². The molecule has 0 saturated carbocycles. The molecule has 5 nitrogen and oxygen atoms in total. The van der Waals surface area contributed by atoms with Crippen LogP contribution in [0.5, 0.6) is 5.88 Å². The van der Waals surface area contributed by atoms with Crippen LogP contribution >= 0.6 is 11.3 Å². The number of piperazine rings is 1. The standard InChI is InChI=1S/C14H24N4OS/c1-16-4-2-12(3-5-16)10-17-6-8-18(9-7-17)14-15-13(19)11-20-14/h11-12,19H,2-10H2,1H3. The van der Waals surface area contributed by atoms with E-state index in [0.717, 1.165) is 37.2 Å². The van der Waals surface area contributed by atoms with Gasteiger partial charge in [0.25, 0.3) is 0 Å². The molecule has 2 aliphatic heterocycles. The number of rotatable bonds is 3. The van der Waals surface area contributed by atoms with Crippen molar-refractivity contribution >= 4 is 16.5 Å². The highest BCUT2D eigenvalue weighted by molar-refractivity contribution is 7.13. The molecule has 0 radical (unpaired) electrons. The first-order chi connectivity index (χ1) is 9.70. The molecule has 1 aromatic heterocycles. The second-order valence-electron chi connectivity index (χ2n) is 6.02. The molecule has 112 valence electrons. The van der Waals surface area contributed by atoms with Crippen LogP contribution in [-0.2, 0) is 0 Å². The minimum atomic E-state index is 0.152. The summed E-state index contributed by atoms with van der Waals surface area (Å²) in [7, 11) is 2.22. The quantitative estimate of drug-likeness (QED) is 0.911. The first-order valence-electron chi connectivity index (χ1n) is 7.51. The molecule has 2 saturated heterocycles. The third kappa shape index (κ3) is 3.42. The van der Waals surface area contributed by atoms with Crippen LogP contribution in [0.2, 0.25) is 0 Å². The van der Waals surface area contributed by atoms with Crippen LogP contribution in [0.1, 0.15) is 12.8 Å². The molecule has 0 amide bonds. The van der Waals surface area contributed by atoms with E-state index in [1.54, 1.807) is 5.38 Å². The smallest absolute Gasteiger partial charge is 0.223 e. The Bertz CT molecular complexity index is 423. The van der Waals surface area contributed by atoms with E-state index in [9.17, 15) is 5.11 Å². The van der Waals surface area contributed by atoms with E-state index in [0.29, 0.717) is 0 Å². The number of hydrogen-bond acceptors (Lipinski definition) is 6. The summed E-state index contributed by atoms with van der Waals surface area (Å²) in [6.45, 7) is 8.05. The van der Waals surface area contributed by atoms with Crippen molar-refractivity contribution in [3.05, 3.63) is 5.38 Å². The van der Waals surface area contributed by atoms with Crippen LogP contribution in [0.4, 0.5) is 5.13 Å². The van der Waals surface area contributed by atoms with Crippen molar-refractivity contribution in [1.82, 2.24) is 14.8 Å². The first-order valence-corrected chi connectivity index (χ1v) is 8.39. The molecule has 2 fully saturated rings. The lowest BCUT2D eigenvalue weighted by Crippen LogP contribution is -2.48. The topological polar surface area (TPSA) is 42.8 Å². The Morgan fingerprint density at radius 3 is 2.50 bits per heavy atom. The summed E-state index contributed by atoms with van der Waals surface area (Å²) in [6, 6.07) is 0. The molecule has 0 aliphatic carbocycles. The van der Waals surface area contributed by atoms with E-state index in [4.69, 9.17) is 0 Å². The number of aromatic nitrogens is 1. The molecule has 0 unspecified atom stereocenters. The summed E-state index contributed by atoms with van der Waals surface area (Å²) >= 11 is 1.53. The molecule has 2 aliphatic rings. The molecular weight excluding hydrogens is 272 g/mol. The number of aromatic hydroxyl groups is 1. The highest BCUT2D eigenvalue weighted by Gasteiger charge is 2.23. The molecule has 20 heavy (non-hydrogen) atoms. The molecular formula is C14H24N4OS. The number of likely N-dealkylation sites (tertiary alicyclic amines) is 1. The maximum atomic E-state index is 9.33. The highest BCUT2D eigenvalue weighted by atomic mass is 32.1. The van der Waals surface area contributed by atoms with Gasteiger partial charge in [0.1, 0.15) is 0 Å². The fourth-order valence-electron chi connectivity index (χ4n) is 3.13. The molecule has 0 bridgehead atoms. The Morgan fingerprint density at radius 2 is 1.90 bits per heavy atom. The van der Waals surface area contributed by atoms with Gasteiger partial charge in [0.05, 0.1) is 5.38 Å². The fraction of sp³-hybridized carbons (Fsp3) is 0.786. The van der Waals surface area contributed by atoms with E-state index >= 15 is 0 Å². The summed E-state index contributed by atoms with van der Waals surface area (Å²) in [4.78, 5) is 11.5. The van der Waals surface area contributed by atoms with Crippen molar-refractivity contribution in [2.24, 2.45) is 5.92 Å². The Balaban J connectivity index is 1.44. The number of thiazole rings is 1. The zero-order chi connectivity index (χ0) is 13.9. The largest absolute Gasteiger partial charge is 0.493 e. The number of anilines is 1. The molecule has 6 heteroatoms. The van der Waals surface area contributed by atoms with Gasteiger partial charge in [-0.25, -0.2) is 0 Å². The molecule has 0 atom stereocenters. The van der Waals surface area contributed by atoms with Gasteiger partial charge in [-0.05, 0) is 38.9 Å². The molecule has 0 aromatic carbocycles. The van der Waals surface area contributed by atoms with Gasteiger partial charge in [-0.3, -0.25) is 4.90 Å². The minimum Gasteiger partial charge on any atom is -0.493 e. The number of piperidine rings is 1. The van der Waals surface area contributed by atoms with Crippen molar-refractivity contribution in [1.29, 1.82) is 0 Å². The second kappa shape index (κ2) is 6.28. The Morgan fingerprint density at radius 1 is 1.20 bits per heavy atom. The van der Waals surface area contributed by atoms with Crippen molar-refractivity contribution in [3.63, 3.8) is 0 Å². The maximum absolute atomic E-state index is 9.33. The average Bonchev–Trinajstić information content (AvgIpc) is 2.89.